The second kappa shape index (κ2) is 4.95. The molecule has 3 rings (SSSR count). The molecule has 2 aliphatic heterocycles. The fourth-order valence-electron chi connectivity index (χ4n) is 3.40. The summed E-state index contributed by atoms with van der Waals surface area (Å²) in [4.78, 5) is 27.5. The highest BCUT2D eigenvalue weighted by atomic mass is 16.2. The van der Waals surface area contributed by atoms with Crippen molar-refractivity contribution < 1.29 is 9.59 Å². The van der Waals surface area contributed by atoms with Gasteiger partial charge in [-0.2, -0.15) is 0 Å². The minimum Gasteiger partial charge on any atom is -0.335 e. The molecule has 6 nitrogen and oxygen atoms in total. The molecule has 0 radical (unpaired) electrons. The molecular formula is C15H20N4O2. The van der Waals surface area contributed by atoms with Crippen LogP contribution in [0, 0.1) is 5.92 Å². The van der Waals surface area contributed by atoms with E-state index in [-0.39, 0.29) is 36.2 Å². The fraction of sp³-hybridized carbons (Fsp3) is 0.467. The quantitative estimate of drug-likeness (QED) is 0.819. The predicted molar refractivity (Wildman–Crippen MR) is 78.5 cm³/mol. The summed E-state index contributed by atoms with van der Waals surface area (Å²) in [5, 5.41) is 5.90. The summed E-state index contributed by atoms with van der Waals surface area (Å²) >= 11 is 0. The summed E-state index contributed by atoms with van der Waals surface area (Å²) in [5.41, 5.74) is 1.08. The average Bonchev–Trinajstić information content (AvgIpc) is 2.48. The molecule has 2 saturated heterocycles. The van der Waals surface area contributed by atoms with Gasteiger partial charge in [-0.05, 0) is 12.5 Å². The number of nitrogens with zero attached hydrogens (tertiary/aromatic N) is 2. The van der Waals surface area contributed by atoms with Crippen LogP contribution in [-0.4, -0.2) is 48.2 Å². The number of benzene rings is 1. The van der Waals surface area contributed by atoms with Crippen molar-refractivity contribution in [2.45, 2.75) is 25.2 Å². The van der Waals surface area contributed by atoms with Crippen LogP contribution in [0.25, 0.3) is 0 Å². The van der Waals surface area contributed by atoms with Crippen molar-refractivity contribution in [2.75, 3.05) is 14.1 Å². The Morgan fingerprint density at radius 3 is 2.24 bits per heavy atom. The molecule has 4 amide bonds. The zero-order chi connectivity index (χ0) is 15.1. The van der Waals surface area contributed by atoms with Gasteiger partial charge in [0.1, 0.15) is 6.17 Å². The molecule has 2 heterocycles. The molecule has 2 aliphatic rings. The van der Waals surface area contributed by atoms with Crippen LogP contribution < -0.4 is 10.6 Å². The molecule has 4 atom stereocenters. The van der Waals surface area contributed by atoms with E-state index in [2.05, 4.69) is 10.6 Å². The number of hydrogen-bond acceptors (Lipinski definition) is 2. The smallest absolute Gasteiger partial charge is 0.319 e. The standard InChI is InChI=1S/C15H20N4O2/c1-9-11-12(10-7-5-4-6-8-10)18(2)15(21)17-13(11)19(3)14(20)16-9/h4-9,11-13H,1-3H3,(H,16,20)(H,17,21)/t9-,11-,12+,13-/m1/s1. The van der Waals surface area contributed by atoms with Gasteiger partial charge in [-0.15, -0.1) is 0 Å². The molecule has 0 aliphatic carbocycles. The maximum Gasteiger partial charge on any atom is 0.319 e. The second-order valence-corrected chi connectivity index (χ2v) is 5.79. The highest BCUT2D eigenvalue weighted by Crippen LogP contribution is 2.38. The monoisotopic (exact) mass is 288 g/mol. The zero-order valence-corrected chi connectivity index (χ0v) is 12.4. The van der Waals surface area contributed by atoms with Gasteiger partial charge in [0.15, 0.2) is 0 Å². The van der Waals surface area contributed by atoms with Crippen LogP contribution in [0.3, 0.4) is 0 Å². The Bertz CT molecular complexity index is 562. The number of hydrogen-bond donors (Lipinski definition) is 2. The van der Waals surface area contributed by atoms with E-state index >= 15 is 0 Å². The topological polar surface area (TPSA) is 64.7 Å². The molecule has 6 heteroatoms. The van der Waals surface area contributed by atoms with Gasteiger partial charge in [-0.25, -0.2) is 9.59 Å². The Morgan fingerprint density at radius 1 is 0.952 bits per heavy atom. The molecule has 112 valence electrons. The number of nitrogens with one attached hydrogen (secondary N) is 2. The third-order valence-electron chi connectivity index (χ3n) is 4.55. The van der Waals surface area contributed by atoms with Crippen molar-refractivity contribution in [1.29, 1.82) is 0 Å². The minimum absolute atomic E-state index is 0.0213. The number of rotatable bonds is 1. The van der Waals surface area contributed by atoms with Gasteiger partial charge in [-0.3, -0.25) is 0 Å². The van der Waals surface area contributed by atoms with Crippen molar-refractivity contribution >= 4 is 12.1 Å². The van der Waals surface area contributed by atoms with Gasteiger partial charge < -0.3 is 20.4 Å². The predicted octanol–water partition coefficient (Wildman–Crippen LogP) is 1.37. The van der Waals surface area contributed by atoms with Gasteiger partial charge >= 0.3 is 12.1 Å². The van der Waals surface area contributed by atoms with Crippen LogP contribution in [0.15, 0.2) is 30.3 Å². The van der Waals surface area contributed by atoms with E-state index in [0.29, 0.717) is 0 Å². The Balaban J connectivity index is 2.03. The van der Waals surface area contributed by atoms with E-state index in [9.17, 15) is 9.59 Å². The first-order chi connectivity index (χ1) is 10.0. The minimum atomic E-state index is -0.289. The van der Waals surface area contributed by atoms with Crippen LogP contribution in [0.2, 0.25) is 0 Å². The number of carbonyl (C=O) groups is 2. The molecule has 0 saturated carbocycles. The maximum atomic E-state index is 12.2. The second-order valence-electron chi connectivity index (χ2n) is 5.79. The largest absolute Gasteiger partial charge is 0.335 e. The summed E-state index contributed by atoms with van der Waals surface area (Å²) in [6.07, 6.45) is -0.289. The summed E-state index contributed by atoms with van der Waals surface area (Å²) in [6, 6.07) is 9.57. The number of carbonyl (C=O) groups excluding carboxylic acids is 2. The number of amides is 4. The van der Waals surface area contributed by atoms with Crippen molar-refractivity contribution in [2.24, 2.45) is 5.92 Å². The van der Waals surface area contributed by atoms with Crippen LogP contribution in [0.4, 0.5) is 9.59 Å². The number of fused-ring (bicyclic) bond motifs is 1. The maximum absolute atomic E-state index is 12.2. The lowest BCUT2D eigenvalue weighted by molar-refractivity contribution is 0.0248. The molecular weight excluding hydrogens is 268 g/mol. The highest BCUT2D eigenvalue weighted by molar-refractivity contribution is 5.80. The molecule has 0 spiro atoms. The van der Waals surface area contributed by atoms with Gasteiger partial charge in [-0.1, -0.05) is 30.3 Å². The molecule has 1 aromatic rings. The van der Waals surface area contributed by atoms with Crippen molar-refractivity contribution in [3.05, 3.63) is 35.9 Å². The number of urea groups is 2. The molecule has 0 unspecified atom stereocenters. The molecule has 0 bridgehead atoms. The van der Waals surface area contributed by atoms with Crippen LogP contribution >= 0.6 is 0 Å². The summed E-state index contributed by atoms with van der Waals surface area (Å²) in [5.74, 6) is 0.0813. The van der Waals surface area contributed by atoms with E-state index in [1.54, 1.807) is 23.9 Å². The normalized spacial score (nSPS) is 32.3. The Morgan fingerprint density at radius 2 is 1.57 bits per heavy atom. The molecule has 1 aromatic carbocycles. The van der Waals surface area contributed by atoms with E-state index < -0.39 is 0 Å². The lowest BCUT2D eigenvalue weighted by Gasteiger charge is -2.52. The van der Waals surface area contributed by atoms with Gasteiger partial charge in [0, 0.05) is 26.1 Å². The molecule has 0 aromatic heterocycles. The Hall–Kier alpha value is -2.24. The van der Waals surface area contributed by atoms with Crippen molar-refractivity contribution in [3.63, 3.8) is 0 Å². The summed E-state index contributed by atoms with van der Waals surface area (Å²) < 4.78 is 0. The van der Waals surface area contributed by atoms with E-state index in [1.165, 1.54) is 0 Å². The van der Waals surface area contributed by atoms with E-state index in [0.717, 1.165) is 5.56 Å². The first kappa shape index (κ1) is 13.7. The summed E-state index contributed by atoms with van der Waals surface area (Å²) in [6.45, 7) is 1.99. The van der Waals surface area contributed by atoms with Gasteiger partial charge in [0.25, 0.3) is 0 Å². The van der Waals surface area contributed by atoms with Crippen LogP contribution in [0.1, 0.15) is 18.5 Å². The lowest BCUT2D eigenvalue weighted by atomic mass is 9.81. The molecule has 21 heavy (non-hydrogen) atoms. The molecule has 2 N–H and O–H groups in total. The third-order valence-corrected chi connectivity index (χ3v) is 4.55. The first-order valence-electron chi connectivity index (χ1n) is 7.12. The Kier molecular flexibility index (Phi) is 3.23. The third kappa shape index (κ3) is 2.11. The Labute approximate surface area is 124 Å². The van der Waals surface area contributed by atoms with Gasteiger partial charge in [0.2, 0.25) is 0 Å². The summed E-state index contributed by atoms with van der Waals surface area (Å²) in [7, 11) is 3.51. The van der Waals surface area contributed by atoms with Crippen LogP contribution in [-0.2, 0) is 0 Å². The average molecular weight is 288 g/mol. The zero-order valence-electron chi connectivity index (χ0n) is 12.4. The first-order valence-corrected chi connectivity index (χ1v) is 7.12. The highest BCUT2D eigenvalue weighted by Gasteiger charge is 2.49. The van der Waals surface area contributed by atoms with Crippen molar-refractivity contribution in [3.8, 4) is 0 Å². The van der Waals surface area contributed by atoms with Crippen LogP contribution in [0.5, 0.6) is 0 Å². The fourth-order valence-corrected chi connectivity index (χ4v) is 3.40. The lowest BCUT2D eigenvalue weighted by Crippen LogP contribution is -2.71. The van der Waals surface area contributed by atoms with Crippen molar-refractivity contribution in [1.82, 2.24) is 20.4 Å². The van der Waals surface area contributed by atoms with E-state index in [1.807, 2.05) is 37.3 Å². The SMILES string of the molecule is C[C@H]1NC(=O)N(C)[C@H]2NC(=O)N(C)[C@@H](c3ccccc3)[C@@H]12. The van der Waals surface area contributed by atoms with Gasteiger partial charge in [0.05, 0.1) is 6.04 Å². The molecule has 2 fully saturated rings. The van der Waals surface area contributed by atoms with E-state index in [4.69, 9.17) is 0 Å².